The highest BCUT2D eigenvalue weighted by atomic mass is 32.1. The Kier molecular flexibility index (Phi) is 4.55. The minimum Gasteiger partial charge on any atom is -0.472 e. The molecule has 1 atom stereocenters. The van der Waals surface area contributed by atoms with Gasteiger partial charge in [0.15, 0.2) is 0 Å². The van der Waals surface area contributed by atoms with Crippen LogP contribution in [0.3, 0.4) is 0 Å². The fourth-order valence-corrected chi connectivity index (χ4v) is 3.55. The van der Waals surface area contributed by atoms with Crippen LogP contribution in [0.15, 0.2) is 47.3 Å². The second-order valence-corrected chi connectivity index (χ2v) is 6.47. The summed E-state index contributed by atoms with van der Waals surface area (Å²) in [5.41, 5.74) is 1.12. The van der Waals surface area contributed by atoms with E-state index >= 15 is 0 Å². The molecule has 0 fully saturated rings. The van der Waals surface area contributed by atoms with E-state index in [1.54, 1.807) is 23.9 Å². The molecule has 0 spiro atoms. The van der Waals surface area contributed by atoms with Crippen molar-refractivity contribution in [2.24, 2.45) is 5.92 Å². The number of amides is 1. The Morgan fingerprint density at radius 2 is 2.29 bits per heavy atom. The molecule has 0 aromatic carbocycles. The van der Waals surface area contributed by atoms with Crippen LogP contribution < -0.4 is 5.32 Å². The minimum absolute atomic E-state index is 0.167. The molecule has 2 heterocycles. The van der Waals surface area contributed by atoms with E-state index in [9.17, 15) is 4.79 Å². The Morgan fingerprint density at radius 1 is 1.33 bits per heavy atom. The Labute approximate surface area is 128 Å². The lowest BCUT2D eigenvalue weighted by molar-refractivity contribution is -0.125. The van der Waals surface area contributed by atoms with Gasteiger partial charge >= 0.3 is 0 Å². The van der Waals surface area contributed by atoms with Crippen molar-refractivity contribution in [3.63, 3.8) is 0 Å². The predicted molar refractivity (Wildman–Crippen MR) is 85.2 cm³/mol. The molecule has 1 aliphatic carbocycles. The number of allylic oxidation sites excluding steroid dienone is 2. The van der Waals surface area contributed by atoms with Gasteiger partial charge in [0.25, 0.3) is 0 Å². The standard InChI is InChI=1S/C17H19NO2S/c19-17(13-4-2-1-3-5-13)18-10-8-15-6-7-16(21-15)14-9-11-20-12-14/h1-2,6-7,9,11-13H,3-5,8,10H2,(H,18,19)/t13-/m1/s1. The predicted octanol–water partition coefficient (Wildman–Crippen LogP) is 4.02. The largest absolute Gasteiger partial charge is 0.472 e. The molecule has 1 amide bonds. The lowest BCUT2D eigenvalue weighted by Gasteiger charge is -2.16. The molecule has 0 aliphatic heterocycles. The molecule has 0 bridgehead atoms. The first kappa shape index (κ1) is 14.1. The van der Waals surface area contributed by atoms with Crippen LogP contribution in [0.1, 0.15) is 24.1 Å². The van der Waals surface area contributed by atoms with E-state index in [1.807, 2.05) is 6.07 Å². The van der Waals surface area contributed by atoms with E-state index in [0.717, 1.165) is 31.2 Å². The molecule has 1 aliphatic rings. The average Bonchev–Trinajstić information content (AvgIpc) is 3.19. The molecule has 0 saturated carbocycles. The fraction of sp³-hybridized carbons (Fsp3) is 0.353. The first-order valence-electron chi connectivity index (χ1n) is 7.37. The molecule has 1 N–H and O–H groups in total. The van der Waals surface area contributed by atoms with Crippen LogP contribution in [0, 0.1) is 5.92 Å². The van der Waals surface area contributed by atoms with Crippen molar-refractivity contribution in [3.05, 3.63) is 47.8 Å². The van der Waals surface area contributed by atoms with Gasteiger partial charge in [0.1, 0.15) is 0 Å². The zero-order valence-corrected chi connectivity index (χ0v) is 12.7. The maximum absolute atomic E-state index is 12.0. The van der Waals surface area contributed by atoms with E-state index in [1.165, 1.54) is 9.75 Å². The van der Waals surface area contributed by atoms with Crippen LogP contribution in [-0.2, 0) is 11.2 Å². The Hall–Kier alpha value is -1.81. The third kappa shape index (κ3) is 3.64. The van der Waals surface area contributed by atoms with E-state index < -0.39 is 0 Å². The van der Waals surface area contributed by atoms with Gasteiger partial charge in [-0.3, -0.25) is 4.79 Å². The van der Waals surface area contributed by atoms with Gasteiger partial charge in [-0.1, -0.05) is 12.2 Å². The van der Waals surface area contributed by atoms with E-state index in [-0.39, 0.29) is 11.8 Å². The van der Waals surface area contributed by atoms with E-state index in [4.69, 9.17) is 4.42 Å². The molecule has 3 nitrogen and oxygen atoms in total. The summed E-state index contributed by atoms with van der Waals surface area (Å²) >= 11 is 1.76. The van der Waals surface area contributed by atoms with Gasteiger partial charge in [-0.05, 0) is 43.9 Å². The number of carbonyl (C=O) groups is 1. The van der Waals surface area contributed by atoms with Gasteiger partial charge < -0.3 is 9.73 Å². The summed E-state index contributed by atoms with van der Waals surface area (Å²) in [6, 6.07) is 6.20. The number of furan rings is 1. The topological polar surface area (TPSA) is 42.2 Å². The number of hydrogen-bond donors (Lipinski definition) is 1. The van der Waals surface area contributed by atoms with Gasteiger partial charge in [-0.15, -0.1) is 11.3 Å². The van der Waals surface area contributed by atoms with Crippen molar-refractivity contribution >= 4 is 17.2 Å². The maximum atomic E-state index is 12.0. The smallest absolute Gasteiger partial charge is 0.223 e. The van der Waals surface area contributed by atoms with Crippen molar-refractivity contribution in [2.45, 2.75) is 25.7 Å². The number of nitrogens with one attached hydrogen (secondary N) is 1. The molecule has 4 heteroatoms. The number of rotatable bonds is 5. The summed E-state index contributed by atoms with van der Waals surface area (Å²) in [4.78, 5) is 14.5. The van der Waals surface area contributed by atoms with Gasteiger partial charge in [0.05, 0.1) is 12.5 Å². The van der Waals surface area contributed by atoms with Crippen molar-refractivity contribution in [1.82, 2.24) is 5.32 Å². The molecular weight excluding hydrogens is 282 g/mol. The van der Waals surface area contributed by atoms with Crippen LogP contribution in [0.4, 0.5) is 0 Å². The number of carbonyl (C=O) groups excluding carboxylic acids is 1. The molecule has 0 unspecified atom stereocenters. The van der Waals surface area contributed by atoms with Crippen LogP contribution >= 0.6 is 11.3 Å². The van der Waals surface area contributed by atoms with Crippen molar-refractivity contribution in [2.75, 3.05) is 6.54 Å². The second-order valence-electron chi connectivity index (χ2n) is 5.30. The molecule has 3 rings (SSSR count). The van der Waals surface area contributed by atoms with Crippen LogP contribution in [-0.4, -0.2) is 12.5 Å². The van der Waals surface area contributed by atoms with Crippen molar-refractivity contribution < 1.29 is 9.21 Å². The minimum atomic E-state index is 0.167. The van der Waals surface area contributed by atoms with E-state index in [0.29, 0.717) is 6.54 Å². The van der Waals surface area contributed by atoms with Crippen LogP contribution in [0.5, 0.6) is 0 Å². The van der Waals surface area contributed by atoms with Gasteiger partial charge in [0.2, 0.25) is 5.91 Å². The van der Waals surface area contributed by atoms with Crippen molar-refractivity contribution in [3.8, 4) is 10.4 Å². The number of hydrogen-bond acceptors (Lipinski definition) is 3. The quantitative estimate of drug-likeness (QED) is 0.847. The molecular formula is C17H19NO2S. The van der Waals surface area contributed by atoms with Crippen LogP contribution in [0.2, 0.25) is 0 Å². The zero-order chi connectivity index (χ0) is 14.5. The number of thiophene rings is 1. The lowest BCUT2D eigenvalue weighted by atomic mass is 9.94. The highest BCUT2D eigenvalue weighted by molar-refractivity contribution is 7.15. The SMILES string of the molecule is O=C(NCCc1ccc(-c2ccoc2)s1)[C@@H]1CC=CCC1. The highest BCUT2D eigenvalue weighted by Gasteiger charge is 2.17. The highest BCUT2D eigenvalue weighted by Crippen LogP contribution is 2.28. The first-order chi connectivity index (χ1) is 10.3. The monoisotopic (exact) mass is 301 g/mol. The summed E-state index contributed by atoms with van der Waals surface area (Å²) in [7, 11) is 0. The Bertz CT molecular complexity index is 613. The third-order valence-electron chi connectivity index (χ3n) is 3.78. The Balaban J connectivity index is 1.47. The molecule has 2 aromatic rings. The summed E-state index contributed by atoms with van der Waals surface area (Å²) in [5, 5.41) is 3.06. The van der Waals surface area contributed by atoms with Crippen molar-refractivity contribution in [1.29, 1.82) is 0 Å². The summed E-state index contributed by atoms with van der Waals surface area (Å²) in [6.45, 7) is 0.713. The molecule has 0 radical (unpaired) electrons. The molecule has 21 heavy (non-hydrogen) atoms. The summed E-state index contributed by atoms with van der Waals surface area (Å²) in [6.07, 6.45) is 11.5. The second kappa shape index (κ2) is 6.76. The normalized spacial score (nSPS) is 17.8. The maximum Gasteiger partial charge on any atom is 0.223 e. The first-order valence-corrected chi connectivity index (χ1v) is 8.18. The lowest BCUT2D eigenvalue weighted by Crippen LogP contribution is -2.32. The summed E-state index contributed by atoms with van der Waals surface area (Å²) in [5.74, 6) is 0.366. The van der Waals surface area contributed by atoms with Gasteiger partial charge in [0, 0.05) is 27.8 Å². The molecule has 110 valence electrons. The zero-order valence-electron chi connectivity index (χ0n) is 11.9. The fourth-order valence-electron chi connectivity index (χ4n) is 2.56. The average molecular weight is 301 g/mol. The molecule has 2 aromatic heterocycles. The van der Waals surface area contributed by atoms with E-state index in [2.05, 4.69) is 29.6 Å². The Morgan fingerprint density at radius 3 is 3.05 bits per heavy atom. The molecule has 0 saturated heterocycles. The third-order valence-corrected chi connectivity index (χ3v) is 4.97. The van der Waals surface area contributed by atoms with Gasteiger partial charge in [-0.2, -0.15) is 0 Å². The van der Waals surface area contributed by atoms with Gasteiger partial charge in [-0.25, -0.2) is 0 Å². The summed E-state index contributed by atoms with van der Waals surface area (Å²) < 4.78 is 5.10. The van der Waals surface area contributed by atoms with Crippen LogP contribution in [0.25, 0.3) is 10.4 Å².